The van der Waals surface area contributed by atoms with Gasteiger partial charge in [0.25, 0.3) is 0 Å². The molecule has 4 heteroatoms. The van der Waals surface area contributed by atoms with E-state index in [0.717, 1.165) is 10.9 Å². The van der Waals surface area contributed by atoms with Crippen molar-refractivity contribution in [2.24, 2.45) is 5.10 Å². The van der Waals surface area contributed by atoms with Gasteiger partial charge in [0.15, 0.2) is 0 Å². The van der Waals surface area contributed by atoms with Gasteiger partial charge in [-0.1, -0.05) is 42.5 Å². The van der Waals surface area contributed by atoms with Crippen molar-refractivity contribution in [3.8, 4) is 0 Å². The number of nitrogens with zero attached hydrogens (tertiary/aromatic N) is 2. The van der Waals surface area contributed by atoms with Gasteiger partial charge >= 0.3 is 6.03 Å². The Hall–Kier alpha value is -2.36. The first-order valence-electron chi connectivity index (χ1n) is 5.92. The Morgan fingerprint density at radius 1 is 1.17 bits per heavy atom. The SMILES string of the molecule is O=C1NCCN1/N=C/c1cccc2ccccc12. The first-order valence-corrected chi connectivity index (χ1v) is 5.92. The average Bonchev–Trinajstić information content (AvgIpc) is 2.82. The molecule has 1 saturated heterocycles. The van der Waals surface area contributed by atoms with E-state index in [1.165, 1.54) is 10.4 Å². The minimum Gasteiger partial charge on any atom is -0.335 e. The lowest BCUT2D eigenvalue weighted by molar-refractivity contribution is 0.219. The van der Waals surface area contributed by atoms with Gasteiger partial charge in [0.2, 0.25) is 0 Å². The van der Waals surface area contributed by atoms with Gasteiger partial charge in [0.1, 0.15) is 0 Å². The van der Waals surface area contributed by atoms with Crippen LogP contribution in [0.1, 0.15) is 5.56 Å². The number of carbonyl (C=O) groups excluding carboxylic acids is 1. The zero-order chi connectivity index (χ0) is 12.4. The van der Waals surface area contributed by atoms with Gasteiger partial charge in [0.05, 0.1) is 12.8 Å². The molecule has 90 valence electrons. The molecule has 0 saturated carbocycles. The fourth-order valence-corrected chi connectivity index (χ4v) is 2.07. The standard InChI is InChI=1S/C14H13N3O/c18-14-15-8-9-17(14)16-10-12-6-3-5-11-4-1-2-7-13(11)12/h1-7,10H,8-9H2,(H,15,18)/b16-10+. The number of carbonyl (C=O) groups is 1. The van der Waals surface area contributed by atoms with Gasteiger partial charge in [0, 0.05) is 12.1 Å². The predicted octanol–water partition coefficient (Wildman–Crippen LogP) is 2.20. The van der Waals surface area contributed by atoms with Crippen LogP contribution in [0.15, 0.2) is 47.6 Å². The molecule has 0 aliphatic carbocycles. The maximum Gasteiger partial charge on any atom is 0.337 e. The molecule has 1 fully saturated rings. The molecule has 1 aliphatic heterocycles. The van der Waals surface area contributed by atoms with E-state index in [-0.39, 0.29) is 6.03 Å². The molecule has 3 rings (SSSR count). The van der Waals surface area contributed by atoms with Crippen molar-refractivity contribution in [2.45, 2.75) is 0 Å². The van der Waals surface area contributed by atoms with E-state index < -0.39 is 0 Å². The van der Waals surface area contributed by atoms with E-state index in [4.69, 9.17) is 0 Å². The maximum atomic E-state index is 11.4. The highest BCUT2D eigenvalue weighted by Crippen LogP contribution is 2.17. The van der Waals surface area contributed by atoms with Crippen molar-refractivity contribution in [3.05, 3.63) is 48.0 Å². The topological polar surface area (TPSA) is 44.7 Å². The van der Waals surface area contributed by atoms with E-state index in [1.54, 1.807) is 6.21 Å². The fourth-order valence-electron chi connectivity index (χ4n) is 2.07. The Morgan fingerprint density at radius 3 is 2.83 bits per heavy atom. The van der Waals surface area contributed by atoms with E-state index in [9.17, 15) is 4.79 Å². The molecule has 0 radical (unpaired) electrons. The van der Waals surface area contributed by atoms with Crippen LogP contribution < -0.4 is 5.32 Å². The minimum absolute atomic E-state index is 0.133. The number of hydrazone groups is 1. The molecule has 18 heavy (non-hydrogen) atoms. The quantitative estimate of drug-likeness (QED) is 0.802. The molecular formula is C14H13N3O. The Kier molecular flexibility index (Phi) is 2.68. The molecule has 1 aliphatic rings. The Labute approximate surface area is 105 Å². The summed E-state index contributed by atoms with van der Waals surface area (Å²) in [4.78, 5) is 11.4. The zero-order valence-electron chi connectivity index (χ0n) is 9.84. The summed E-state index contributed by atoms with van der Waals surface area (Å²) in [7, 11) is 0. The number of nitrogens with one attached hydrogen (secondary N) is 1. The summed E-state index contributed by atoms with van der Waals surface area (Å²) in [5, 5.41) is 10.7. The molecule has 4 nitrogen and oxygen atoms in total. The lowest BCUT2D eigenvalue weighted by atomic mass is 10.1. The largest absolute Gasteiger partial charge is 0.337 e. The van der Waals surface area contributed by atoms with Crippen LogP contribution >= 0.6 is 0 Å². The molecule has 0 unspecified atom stereocenters. The third kappa shape index (κ3) is 1.93. The van der Waals surface area contributed by atoms with Crippen molar-refractivity contribution < 1.29 is 4.79 Å². The summed E-state index contributed by atoms with van der Waals surface area (Å²) in [6.45, 7) is 1.28. The highest BCUT2D eigenvalue weighted by molar-refractivity contribution is 5.99. The van der Waals surface area contributed by atoms with Crippen LogP contribution in [-0.4, -0.2) is 30.3 Å². The summed E-state index contributed by atoms with van der Waals surface area (Å²) in [6.07, 6.45) is 1.74. The maximum absolute atomic E-state index is 11.4. The van der Waals surface area contributed by atoms with Gasteiger partial charge in [-0.05, 0) is 10.8 Å². The zero-order valence-corrected chi connectivity index (χ0v) is 9.84. The number of rotatable bonds is 2. The van der Waals surface area contributed by atoms with Gasteiger partial charge < -0.3 is 5.32 Å². The minimum atomic E-state index is -0.133. The summed E-state index contributed by atoms with van der Waals surface area (Å²) in [5.41, 5.74) is 1.02. The van der Waals surface area contributed by atoms with E-state index in [2.05, 4.69) is 28.6 Å². The molecule has 2 aromatic carbocycles. The Morgan fingerprint density at radius 2 is 2.00 bits per heavy atom. The summed E-state index contributed by atoms with van der Waals surface area (Å²) in [5.74, 6) is 0. The van der Waals surface area contributed by atoms with E-state index >= 15 is 0 Å². The number of hydrogen-bond acceptors (Lipinski definition) is 2. The lowest BCUT2D eigenvalue weighted by Crippen LogP contribution is -2.23. The third-order valence-electron chi connectivity index (χ3n) is 2.99. The van der Waals surface area contributed by atoms with Crippen LogP contribution in [0.3, 0.4) is 0 Å². The molecule has 0 bridgehead atoms. The van der Waals surface area contributed by atoms with Gasteiger partial charge in [-0.25, -0.2) is 9.80 Å². The molecule has 2 amide bonds. The van der Waals surface area contributed by atoms with Crippen molar-refractivity contribution in [2.75, 3.05) is 13.1 Å². The van der Waals surface area contributed by atoms with Crippen LogP contribution in [0.5, 0.6) is 0 Å². The summed E-state index contributed by atoms with van der Waals surface area (Å²) >= 11 is 0. The molecule has 0 spiro atoms. The second-order valence-electron chi connectivity index (χ2n) is 4.17. The first kappa shape index (κ1) is 10.8. The van der Waals surface area contributed by atoms with Crippen LogP contribution in [-0.2, 0) is 0 Å². The van der Waals surface area contributed by atoms with Crippen LogP contribution in [0.4, 0.5) is 4.79 Å². The number of hydrogen-bond donors (Lipinski definition) is 1. The second-order valence-corrected chi connectivity index (χ2v) is 4.17. The third-order valence-corrected chi connectivity index (χ3v) is 2.99. The van der Waals surface area contributed by atoms with Crippen LogP contribution in [0.25, 0.3) is 10.8 Å². The molecular weight excluding hydrogens is 226 g/mol. The van der Waals surface area contributed by atoms with Gasteiger partial charge in [-0.3, -0.25) is 0 Å². The smallest absolute Gasteiger partial charge is 0.335 e. The number of urea groups is 1. The second kappa shape index (κ2) is 4.49. The molecule has 0 aromatic heterocycles. The van der Waals surface area contributed by atoms with E-state index in [0.29, 0.717) is 13.1 Å². The normalized spacial score (nSPS) is 15.6. The molecule has 1 N–H and O–H groups in total. The van der Waals surface area contributed by atoms with Gasteiger partial charge in [-0.2, -0.15) is 5.10 Å². The monoisotopic (exact) mass is 239 g/mol. The highest BCUT2D eigenvalue weighted by Gasteiger charge is 2.17. The van der Waals surface area contributed by atoms with Crippen molar-refractivity contribution in [1.82, 2.24) is 10.3 Å². The first-order chi connectivity index (χ1) is 8.84. The van der Waals surface area contributed by atoms with Crippen LogP contribution in [0.2, 0.25) is 0 Å². The molecule has 2 aromatic rings. The Bertz CT molecular complexity index is 616. The average molecular weight is 239 g/mol. The fraction of sp³-hybridized carbons (Fsp3) is 0.143. The number of amides is 2. The van der Waals surface area contributed by atoms with Crippen LogP contribution in [0, 0.1) is 0 Å². The van der Waals surface area contributed by atoms with E-state index in [1.807, 2.05) is 24.3 Å². The lowest BCUT2D eigenvalue weighted by Gasteiger charge is -2.06. The van der Waals surface area contributed by atoms with Crippen molar-refractivity contribution >= 4 is 23.0 Å². The van der Waals surface area contributed by atoms with Crippen molar-refractivity contribution in [3.63, 3.8) is 0 Å². The predicted molar refractivity (Wildman–Crippen MR) is 71.6 cm³/mol. The highest BCUT2D eigenvalue weighted by atomic mass is 16.2. The molecule has 0 atom stereocenters. The van der Waals surface area contributed by atoms with Gasteiger partial charge in [-0.15, -0.1) is 0 Å². The summed E-state index contributed by atoms with van der Waals surface area (Å²) < 4.78 is 0. The number of benzene rings is 2. The summed E-state index contributed by atoms with van der Waals surface area (Å²) in [6, 6.07) is 14.1. The van der Waals surface area contributed by atoms with Crippen molar-refractivity contribution in [1.29, 1.82) is 0 Å². The number of fused-ring (bicyclic) bond motifs is 1. The Balaban J connectivity index is 1.95. The molecule has 1 heterocycles.